The molecule has 0 radical (unpaired) electrons. The molecule has 0 unspecified atom stereocenters. The van der Waals surface area contributed by atoms with E-state index in [1.165, 1.54) is 0 Å². The molecular formula is C9H12O4+2. The van der Waals surface area contributed by atoms with E-state index in [2.05, 4.69) is 0 Å². The lowest BCUT2D eigenvalue weighted by molar-refractivity contribution is 0.173. The van der Waals surface area contributed by atoms with Gasteiger partial charge in [0.15, 0.2) is 11.5 Å². The van der Waals surface area contributed by atoms with Crippen LogP contribution in [-0.2, 0) is 0 Å². The van der Waals surface area contributed by atoms with Gasteiger partial charge < -0.3 is 19.7 Å². The lowest BCUT2D eigenvalue weighted by Gasteiger charge is -2.03. The Hall–Kier alpha value is -1.58. The van der Waals surface area contributed by atoms with Crippen molar-refractivity contribution in [1.82, 2.24) is 0 Å². The average Bonchev–Trinajstić information content (AvgIpc) is 2.59. The summed E-state index contributed by atoms with van der Waals surface area (Å²) >= 11 is 0. The third-order valence-electron chi connectivity index (χ3n) is 2.29. The Morgan fingerprint density at radius 3 is 1.69 bits per heavy atom. The van der Waals surface area contributed by atoms with Crippen LogP contribution < -0.4 is 9.47 Å². The smallest absolute Gasteiger partial charge is 0.358 e. The summed E-state index contributed by atoms with van der Waals surface area (Å²) in [6, 6.07) is 0. The van der Waals surface area contributed by atoms with Gasteiger partial charge in [-0.2, -0.15) is 0 Å². The van der Waals surface area contributed by atoms with E-state index < -0.39 is 0 Å². The second kappa shape index (κ2) is 2.45. The van der Waals surface area contributed by atoms with Gasteiger partial charge in [-0.25, -0.2) is 0 Å². The Bertz CT molecular complexity index is 336. The van der Waals surface area contributed by atoms with E-state index in [1.807, 2.05) is 0 Å². The molecule has 13 heavy (non-hydrogen) atoms. The molecule has 1 aliphatic heterocycles. The summed E-state index contributed by atoms with van der Waals surface area (Å²) < 4.78 is 10.4. The van der Waals surface area contributed by atoms with E-state index in [4.69, 9.17) is 19.7 Å². The maximum absolute atomic E-state index is 7.63. The Balaban J connectivity index is 2.77. The maximum Gasteiger partial charge on any atom is 0.358 e. The first-order valence-corrected chi connectivity index (χ1v) is 3.99. The first kappa shape index (κ1) is 8.04. The average molecular weight is 184 g/mol. The number of hydrogen-bond acceptors (Lipinski definition) is 2. The molecule has 0 atom stereocenters. The fourth-order valence-electron chi connectivity index (χ4n) is 1.44. The van der Waals surface area contributed by atoms with Crippen LogP contribution >= 0.6 is 0 Å². The summed E-state index contributed by atoms with van der Waals surface area (Å²) in [4.78, 5) is 0. The van der Waals surface area contributed by atoms with Crippen LogP contribution in [0.5, 0.6) is 23.0 Å². The van der Waals surface area contributed by atoms with Crippen molar-refractivity contribution in [2.75, 3.05) is 6.79 Å². The molecule has 0 aromatic heterocycles. The van der Waals surface area contributed by atoms with Crippen LogP contribution in [0.4, 0.5) is 0 Å². The van der Waals surface area contributed by atoms with Crippen molar-refractivity contribution in [3.8, 4) is 23.0 Å². The van der Waals surface area contributed by atoms with Gasteiger partial charge in [0, 0.05) is 0 Å². The van der Waals surface area contributed by atoms with E-state index >= 15 is 0 Å². The van der Waals surface area contributed by atoms with Crippen molar-refractivity contribution >= 4 is 0 Å². The monoisotopic (exact) mass is 184 g/mol. The molecule has 0 aliphatic carbocycles. The van der Waals surface area contributed by atoms with Gasteiger partial charge in [0.1, 0.15) is 11.1 Å². The first-order valence-electron chi connectivity index (χ1n) is 3.99. The lowest BCUT2D eigenvalue weighted by atomic mass is 10.1. The molecule has 4 heteroatoms. The van der Waals surface area contributed by atoms with Gasteiger partial charge in [0.2, 0.25) is 6.79 Å². The van der Waals surface area contributed by atoms with Crippen molar-refractivity contribution in [3.05, 3.63) is 11.1 Å². The van der Waals surface area contributed by atoms with Gasteiger partial charge in [0.25, 0.3) is 0 Å². The third kappa shape index (κ3) is 0.915. The van der Waals surface area contributed by atoms with Gasteiger partial charge in [-0.1, -0.05) is 0 Å². The Morgan fingerprint density at radius 2 is 1.31 bits per heavy atom. The number of benzene rings is 1. The molecule has 1 aliphatic rings. The van der Waals surface area contributed by atoms with Gasteiger partial charge in [-0.15, -0.1) is 0 Å². The molecule has 0 bridgehead atoms. The highest BCUT2D eigenvalue weighted by Gasteiger charge is 2.30. The highest BCUT2D eigenvalue weighted by Crippen LogP contribution is 2.48. The zero-order valence-electron chi connectivity index (χ0n) is 7.52. The molecule has 2 rings (SSSR count). The summed E-state index contributed by atoms with van der Waals surface area (Å²) in [5.74, 6) is 1.69. The van der Waals surface area contributed by atoms with Crippen molar-refractivity contribution in [3.63, 3.8) is 0 Å². The fourth-order valence-corrected chi connectivity index (χ4v) is 1.44. The van der Waals surface area contributed by atoms with Crippen molar-refractivity contribution in [2.24, 2.45) is 0 Å². The Morgan fingerprint density at radius 1 is 0.923 bits per heavy atom. The second-order valence-electron chi connectivity index (χ2n) is 3.06. The largest absolute Gasteiger partial charge is 0.587 e. The molecule has 0 fully saturated rings. The molecule has 0 saturated heterocycles. The van der Waals surface area contributed by atoms with E-state index in [0.717, 1.165) is 0 Å². The third-order valence-corrected chi connectivity index (χ3v) is 2.29. The zero-order chi connectivity index (χ0) is 9.59. The SMILES string of the molecule is Cc1c([OH2+])c([OH2+])c(C)c2c1OCO2. The quantitative estimate of drug-likeness (QED) is 0.562. The maximum atomic E-state index is 7.63. The predicted octanol–water partition coefficient (Wildman–Crippen LogP) is 0.908. The standard InChI is InChI=1S/C9H10O4/c1-4-6(10)7(11)5(2)9-8(4)12-3-13-9/h10-11H,3H2,1-2H3/p+2. The van der Waals surface area contributed by atoms with Crippen molar-refractivity contribution < 1.29 is 19.7 Å². The summed E-state index contributed by atoms with van der Waals surface area (Å²) in [5.41, 5.74) is 1.37. The van der Waals surface area contributed by atoms with Gasteiger partial charge in [0.05, 0.1) is 0 Å². The van der Waals surface area contributed by atoms with Crippen LogP contribution in [0.25, 0.3) is 0 Å². The molecule has 0 spiro atoms. The second-order valence-corrected chi connectivity index (χ2v) is 3.06. The topological polar surface area (TPSA) is 64.3 Å². The summed E-state index contributed by atoms with van der Waals surface area (Å²) in [6.45, 7) is 3.74. The minimum atomic E-state index is 0.194. The molecule has 1 aromatic rings. The highest BCUT2D eigenvalue weighted by molar-refractivity contribution is 5.65. The normalized spacial score (nSPS) is 13.4. The molecule has 0 saturated carbocycles. The summed E-state index contributed by atoms with van der Waals surface area (Å²) in [5, 5.41) is 15.3. The van der Waals surface area contributed by atoms with Crippen LogP contribution in [0.3, 0.4) is 0 Å². The van der Waals surface area contributed by atoms with Crippen molar-refractivity contribution in [1.29, 1.82) is 0 Å². The molecular weight excluding hydrogens is 172 g/mol. The van der Waals surface area contributed by atoms with E-state index in [9.17, 15) is 0 Å². The fraction of sp³-hybridized carbons (Fsp3) is 0.333. The highest BCUT2D eigenvalue weighted by atomic mass is 16.7. The van der Waals surface area contributed by atoms with Gasteiger partial charge in [-0.05, 0) is 13.8 Å². The van der Waals surface area contributed by atoms with Crippen LogP contribution in [0, 0.1) is 13.8 Å². The predicted molar refractivity (Wildman–Crippen MR) is 48.2 cm³/mol. The number of fused-ring (bicyclic) bond motifs is 1. The van der Waals surface area contributed by atoms with Crippen molar-refractivity contribution in [2.45, 2.75) is 13.8 Å². The molecule has 4 N–H and O–H groups in total. The number of ether oxygens (including phenoxy) is 2. The van der Waals surface area contributed by atoms with Gasteiger partial charge in [-0.3, -0.25) is 0 Å². The molecule has 0 amide bonds. The summed E-state index contributed by atoms with van der Waals surface area (Å²) in [6.07, 6.45) is 0. The summed E-state index contributed by atoms with van der Waals surface area (Å²) in [7, 11) is 0. The van der Waals surface area contributed by atoms with Crippen LogP contribution in [0.15, 0.2) is 0 Å². The lowest BCUT2D eigenvalue weighted by Crippen LogP contribution is -1.93. The minimum absolute atomic E-state index is 0.194. The number of hydrogen-bond donors (Lipinski definition) is 0. The Labute approximate surface area is 75.3 Å². The van der Waals surface area contributed by atoms with E-state index in [-0.39, 0.29) is 18.3 Å². The molecule has 4 nitrogen and oxygen atoms in total. The van der Waals surface area contributed by atoms with Crippen LogP contribution in [-0.4, -0.2) is 17.0 Å². The molecule has 70 valence electrons. The minimum Gasteiger partial charge on any atom is -0.587 e. The Kier molecular flexibility index (Phi) is 1.52. The van der Waals surface area contributed by atoms with Crippen LogP contribution in [0.2, 0.25) is 0 Å². The van der Waals surface area contributed by atoms with Gasteiger partial charge >= 0.3 is 11.5 Å². The van der Waals surface area contributed by atoms with E-state index in [0.29, 0.717) is 22.6 Å². The zero-order valence-corrected chi connectivity index (χ0v) is 7.52. The number of rotatable bonds is 0. The molecule has 1 heterocycles. The van der Waals surface area contributed by atoms with Crippen LogP contribution in [0.1, 0.15) is 11.1 Å². The first-order chi connectivity index (χ1) is 6.13. The molecule has 1 aromatic carbocycles. The van der Waals surface area contributed by atoms with E-state index in [1.54, 1.807) is 13.8 Å².